The lowest BCUT2D eigenvalue weighted by Gasteiger charge is -2.13. The maximum atomic E-state index is 5.53. The predicted molar refractivity (Wildman–Crippen MR) is 85.0 cm³/mol. The van der Waals surface area contributed by atoms with Gasteiger partial charge in [-0.3, -0.25) is 4.98 Å². The lowest BCUT2D eigenvalue weighted by Crippen LogP contribution is -2.16. The summed E-state index contributed by atoms with van der Waals surface area (Å²) in [6.45, 7) is 4.87. The molecule has 6 nitrogen and oxygen atoms in total. The van der Waals surface area contributed by atoms with Gasteiger partial charge in [-0.15, -0.1) is 0 Å². The molecular weight excluding hydrogens is 264 g/mol. The van der Waals surface area contributed by atoms with Gasteiger partial charge in [0.1, 0.15) is 17.5 Å². The Hall–Kier alpha value is -2.21. The molecule has 4 N–H and O–H groups in total. The molecule has 112 valence electrons. The third-order valence-corrected chi connectivity index (χ3v) is 3.26. The molecule has 0 aromatic carbocycles. The monoisotopic (exact) mass is 286 g/mol. The predicted octanol–water partition coefficient (Wildman–Crippen LogP) is 2.07. The van der Waals surface area contributed by atoms with E-state index in [4.69, 9.17) is 5.84 Å². The van der Waals surface area contributed by atoms with Gasteiger partial charge in [0.05, 0.1) is 0 Å². The molecule has 2 aromatic heterocycles. The maximum absolute atomic E-state index is 5.53. The molecule has 21 heavy (non-hydrogen) atoms. The van der Waals surface area contributed by atoms with Crippen LogP contribution in [0.4, 0.5) is 11.6 Å². The number of aromatic nitrogens is 3. The van der Waals surface area contributed by atoms with E-state index < -0.39 is 0 Å². The van der Waals surface area contributed by atoms with Gasteiger partial charge in [-0.2, -0.15) is 0 Å². The van der Waals surface area contributed by atoms with E-state index in [-0.39, 0.29) is 0 Å². The van der Waals surface area contributed by atoms with Crippen molar-refractivity contribution < 1.29 is 0 Å². The Morgan fingerprint density at radius 1 is 1.10 bits per heavy atom. The lowest BCUT2D eigenvalue weighted by molar-refractivity contribution is 0.829. The third kappa shape index (κ3) is 4.13. The van der Waals surface area contributed by atoms with E-state index in [2.05, 4.69) is 32.6 Å². The minimum Gasteiger partial charge on any atom is -0.369 e. The zero-order valence-electron chi connectivity index (χ0n) is 12.6. The minimum atomic E-state index is 0.680. The summed E-state index contributed by atoms with van der Waals surface area (Å²) in [5.41, 5.74) is 4.83. The zero-order valence-corrected chi connectivity index (χ0v) is 12.6. The average molecular weight is 286 g/mol. The molecule has 6 heteroatoms. The Labute approximate surface area is 125 Å². The van der Waals surface area contributed by atoms with Crippen LogP contribution < -0.4 is 16.6 Å². The first kappa shape index (κ1) is 15.2. The highest BCUT2D eigenvalue weighted by atomic mass is 15.3. The third-order valence-electron chi connectivity index (χ3n) is 3.26. The Morgan fingerprint density at radius 2 is 1.81 bits per heavy atom. The topological polar surface area (TPSA) is 88.8 Å². The molecule has 0 amide bonds. The maximum Gasteiger partial charge on any atom is 0.148 e. The lowest BCUT2D eigenvalue weighted by atomic mass is 10.2. The number of aryl methyl sites for hydroxylation is 1. The molecule has 0 unspecified atom stereocenters. The molecule has 0 radical (unpaired) electrons. The summed E-state index contributed by atoms with van der Waals surface area (Å²) in [6.07, 6.45) is 6.38. The first-order chi connectivity index (χ1) is 10.2. The van der Waals surface area contributed by atoms with Crippen LogP contribution in [-0.2, 0) is 12.8 Å². The van der Waals surface area contributed by atoms with Crippen molar-refractivity contribution in [3.8, 4) is 0 Å². The first-order valence-electron chi connectivity index (χ1n) is 7.21. The van der Waals surface area contributed by atoms with Crippen molar-refractivity contribution >= 4 is 11.6 Å². The number of nitrogen functional groups attached to an aromatic ring is 1. The SMILES string of the molecule is CCCc1nc(NN)c(C)c(NCCc2ccncc2)n1. The molecule has 2 rings (SSSR count). The number of hydrogen-bond acceptors (Lipinski definition) is 6. The molecule has 0 aliphatic rings. The molecule has 0 spiro atoms. The largest absolute Gasteiger partial charge is 0.369 e. The Morgan fingerprint density at radius 3 is 2.48 bits per heavy atom. The number of rotatable bonds is 7. The molecule has 0 aliphatic heterocycles. The van der Waals surface area contributed by atoms with Gasteiger partial charge in [0.2, 0.25) is 0 Å². The van der Waals surface area contributed by atoms with Gasteiger partial charge < -0.3 is 10.7 Å². The number of nitrogens with two attached hydrogens (primary N) is 1. The number of hydrogen-bond donors (Lipinski definition) is 3. The smallest absolute Gasteiger partial charge is 0.148 e. The summed E-state index contributed by atoms with van der Waals surface area (Å²) in [7, 11) is 0. The number of hydrazine groups is 1. The normalized spacial score (nSPS) is 10.4. The molecule has 0 fully saturated rings. The second kappa shape index (κ2) is 7.54. The Bertz CT molecular complexity index is 570. The van der Waals surface area contributed by atoms with Crippen LogP contribution >= 0.6 is 0 Å². The summed E-state index contributed by atoms with van der Waals surface area (Å²) >= 11 is 0. The van der Waals surface area contributed by atoms with Crippen molar-refractivity contribution in [2.75, 3.05) is 17.3 Å². The van der Waals surface area contributed by atoms with Crippen LogP contribution in [0.5, 0.6) is 0 Å². The summed E-state index contributed by atoms with van der Waals surface area (Å²) < 4.78 is 0. The summed E-state index contributed by atoms with van der Waals surface area (Å²) in [4.78, 5) is 13.0. The van der Waals surface area contributed by atoms with E-state index in [0.29, 0.717) is 5.82 Å². The molecule has 0 aliphatic carbocycles. The molecule has 0 saturated heterocycles. The quantitative estimate of drug-likeness (QED) is 0.533. The van der Waals surface area contributed by atoms with Crippen molar-refractivity contribution in [3.05, 3.63) is 41.5 Å². The van der Waals surface area contributed by atoms with Crippen LogP contribution in [-0.4, -0.2) is 21.5 Å². The number of nitrogens with zero attached hydrogens (tertiary/aromatic N) is 3. The second-order valence-corrected chi connectivity index (χ2v) is 4.89. The molecule has 0 saturated carbocycles. The van der Waals surface area contributed by atoms with Crippen LogP contribution in [0.1, 0.15) is 30.3 Å². The highest BCUT2D eigenvalue weighted by molar-refractivity contribution is 5.56. The fourth-order valence-corrected chi connectivity index (χ4v) is 2.09. The Balaban J connectivity index is 2.06. The van der Waals surface area contributed by atoms with Crippen molar-refractivity contribution in [2.45, 2.75) is 33.1 Å². The van der Waals surface area contributed by atoms with E-state index >= 15 is 0 Å². The minimum absolute atomic E-state index is 0.680. The van der Waals surface area contributed by atoms with Crippen LogP contribution in [0.15, 0.2) is 24.5 Å². The highest BCUT2D eigenvalue weighted by Gasteiger charge is 2.09. The van der Waals surface area contributed by atoms with Crippen LogP contribution in [0.25, 0.3) is 0 Å². The van der Waals surface area contributed by atoms with Crippen molar-refractivity contribution in [3.63, 3.8) is 0 Å². The van der Waals surface area contributed by atoms with E-state index in [1.165, 1.54) is 5.56 Å². The molecule has 0 atom stereocenters. The number of pyridine rings is 1. The number of anilines is 2. The average Bonchev–Trinajstić information content (AvgIpc) is 2.51. The van der Waals surface area contributed by atoms with E-state index in [0.717, 1.165) is 43.0 Å². The van der Waals surface area contributed by atoms with Gasteiger partial charge in [0.15, 0.2) is 0 Å². The highest BCUT2D eigenvalue weighted by Crippen LogP contribution is 2.19. The summed E-state index contributed by atoms with van der Waals surface area (Å²) in [5.74, 6) is 7.86. The van der Waals surface area contributed by atoms with Crippen LogP contribution in [0.2, 0.25) is 0 Å². The van der Waals surface area contributed by atoms with E-state index in [1.807, 2.05) is 19.1 Å². The molecular formula is C15H22N6. The van der Waals surface area contributed by atoms with Crippen LogP contribution in [0, 0.1) is 6.92 Å². The zero-order chi connectivity index (χ0) is 15.1. The number of nitrogens with one attached hydrogen (secondary N) is 2. The molecule has 2 aromatic rings. The van der Waals surface area contributed by atoms with Crippen molar-refractivity contribution in [1.29, 1.82) is 0 Å². The molecule has 0 bridgehead atoms. The molecule has 2 heterocycles. The fraction of sp³-hybridized carbons (Fsp3) is 0.400. The van der Waals surface area contributed by atoms with Crippen molar-refractivity contribution in [2.24, 2.45) is 5.84 Å². The van der Waals surface area contributed by atoms with E-state index in [1.54, 1.807) is 12.4 Å². The standard InChI is InChI=1S/C15H22N6/c1-3-4-13-19-14(11(2)15(20-13)21-16)18-10-7-12-5-8-17-9-6-12/h5-6,8-9H,3-4,7,10,16H2,1-2H3,(H2,18,19,20,21). The van der Waals surface area contributed by atoms with Gasteiger partial charge in [-0.05, 0) is 37.5 Å². The van der Waals surface area contributed by atoms with Gasteiger partial charge in [-0.1, -0.05) is 6.92 Å². The summed E-state index contributed by atoms with van der Waals surface area (Å²) in [5, 5.41) is 3.37. The van der Waals surface area contributed by atoms with E-state index in [9.17, 15) is 0 Å². The van der Waals surface area contributed by atoms with Crippen molar-refractivity contribution in [1.82, 2.24) is 15.0 Å². The fourth-order valence-electron chi connectivity index (χ4n) is 2.09. The van der Waals surface area contributed by atoms with Crippen LogP contribution in [0.3, 0.4) is 0 Å². The summed E-state index contributed by atoms with van der Waals surface area (Å²) in [6, 6.07) is 4.04. The second-order valence-electron chi connectivity index (χ2n) is 4.89. The van der Waals surface area contributed by atoms with Gasteiger partial charge in [-0.25, -0.2) is 15.8 Å². The van der Waals surface area contributed by atoms with Gasteiger partial charge >= 0.3 is 0 Å². The Kier molecular flexibility index (Phi) is 5.45. The van der Waals surface area contributed by atoms with Gasteiger partial charge in [0.25, 0.3) is 0 Å². The van der Waals surface area contributed by atoms with Gasteiger partial charge in [0, 0.05) is 30.9 Å². The first-order valence-corrected chi connectivity index (χ1v) is 7.21.